The molecule has 0 aliphatic carbocycles. The Hall–Kier alpha value is -1.23. The van der Waals surface area contributed by atoms with Crippen molar-refractivity contribution in [3.8, 4) is 0 Å². The molecule has 0 aliphatic heterocycles. The van der Waals surface area contributed by atoms with Crippen molar-refractivity contribution < 1.29 is 4.79 Å². The number of carbonyl (C=O) groups excluding carboxylic acids is 1. The lowest BCUT2D eigenvalue weighted by Crippen LogP contribution is -2.25. The number of amides is 1. The third-order valence-corrected chi connectivity index (χ3v) is 3.28. The highest BCUT2D eigenvalue weighted by Gasteiger charge is 2.11. The predicted molar refractivity (Wildman–Crippen MR) is 70.1 cm³/mol. The Kier molecular flexibility index (Phi) is 5.83. The van der Waals surface area contributed by atoms with Gasteiger partial charge in [-0.15, -0.1) is 0 Å². The number of nitrogens with zero attached hydrogens (tertiary/aromatic N) is 3. The zero-order chi connectivity index (χ0) is 12.7. The zero-order valence-electron chi connectivity index (χ0n) is 8.86. The number of hydrogen-bond donors (Lipinski definition) is 1. The summed E-state index contributed by atoms with van der Waals surface area (Å²) in [6.45, 7) is 0.809. The molecule has 0 aromatic heterocycles. The highest BCUT2D eigenvalue weighted by atomic mass is 79.9. The van der Waals surface area contributed by atoms with Gasteiger partial charge in [0.2, 0.25) is 0 Å². The second-order valence-electron chi connectivity index (χ2n) is 3.17. The van der Waals surface area contributed by atoms with Crippen LogP contribution in [-0.2, 0) is 0 Å². The van der Waals surface area contributed by atoms with Gasteiger partial charge < -0.3 is 5.32 Å². The molecule has 0 radical (unpaired) electrons. The summed E-state index contributed by atoms with van der Waals surface area (Å²) in [5.74, 6) is -0.239. The lowest BCUT2D eigenvalue weighted by atomic mass is 10.2. The Morgan fingerprint density at radius 3 is 3.06 bits per heavy atom. The van der Waals surface area contributed by atoms with Crippen molar-refractivity contribution >= 4 is 33.4 Å². The van der Waals surface area contributed by atoms with E-state index in [-0.39, 0.29) is 5.91 Å². The summed E-state index contributed by atoms with van der Waals surface area (Å²) in [6.07, 6.45) is 0.599. The quantitative estimate of drug-likeness (QED) is 0.383. The van der Waals surface area contributed by atoms with Gasteiger partial charge in [0.1, 0.15) is 0 Å². The van der Waals surface area contributed by atoms with Crippen molar-refractivity contribution in [2.45, 2.75) is 6.42 Å². The smallest absolute Gasteiger partial charge is 0.252 e. The van der Waals surface area contributed by atoms with Crippen LogP contribution in [0.3, 0.4) is 0 Å². The van der Waals surface area contributed by atoms with E-state index in [0.717, 1.165) is 0 Å². The van der Waals surface area contributed by atoms with E-state index in [2.05, 4.69) is 31.3 Å². The van der Waals surface area contributed by atoms with E-state index in [1.54, 1.807) is 18.2 Å². The van der Waals surface area contributed by atoms with E-state index >= 15 is 0 Å². The first-order valence-electron chi connectivity index (χ1n) is 4.90. The van der Waals surface area contributed by atoms with Crippen LogP contribution in [0.2, 0.25) is 5.02 Å². The van der Waals surface area contributed by atoms with Crippen molar-refractivity contribution in [2.24, 2.45) is 5.11 Å². The zero-order valence-corrected chi connectivity index (χ0v) is 11.2. The molecule has 0 atom stereocenters. The maximum absolute atomic E-state index is 11.7. The average molecular weight is 318 g/mol. The molecule has 0 saturated heterocycles. The molecule has 5 nitrogen and oxygen atoms in total. The lowest BCUT2D eigenvalue weighted by molar-refractivity contribution is 0.0953. The van der Waals surface area contributed by atoms with Crippen LogP contribution in [-0.4, -0.2) is 19.0 Å². The summed E-state index contributed by atoms with van der Waals surface area (Å²) in [7, 11) is 0. The third-order valence-electron chi connectivity index (χ3n) is 1.98. The lowest BCUT2D eigenvalue weighted by Gasteiger charge is -2.06. The summed E-state index contributed by atoms with van der Waals surface area (Å²) < 4.78 is 0.681. The fourth-order valence-electron chi connectivity index (χ4n) is 1.17. The molecule has 0 unspecified atom stereocenters. The van der Waals surface area contributed by atoms with E-state index < -0.39 is 0 Å². The Balaban J connectivity index is 2.52. The Labute approximate surface area is 112 Å². The molecule has 1 rings (SSSR count). The number of carbonyl (C=O) groups is 1. The number of halogens is 2. The fourth-order valence-corrected chi connectivity index (χ4v) is 1.75. The largest absolute Gasteiger partial charge is 0.352 e. The average Bonchev–Trinajstić information content (AvgIpc) is 2.32. The Morgan fingerprint density at radius 1 is 1.59 bits per heavy atom. The normalized spacial score (nSPS) is 9.53. The van der Waals surface area contributed by atoms with Crippen LogP contribution in [0, 0.1) is 0 Å². The maximum atomic E-state index is 11.7. The summed E-state index contributed by atoms with van der Waals surface area (Å²) in [6, 6.07) is 5.15. The monoisotopic (exact) mass is 316 g/mol. The predicted octanol–water partition coefficient (Wildman–Crippen LogP) is 3.53. The van der Waals surface area contributed by atoms with Gasteiger partial charge in [0, 0.05) is 22.5 Å². The molecule has 17 heavy (non-hydrogen) atoms. The second kappa shape index (κ2) is 7.17. The number of nitrogens with one attached hydrogen (secondary N) is 1. The number of hydrogen-bond acceptors (Lipinski definition) is 2. The topological polar surface area (TPSA) is 77.9 Å². The number of benzene rings is 1. The maximum Gasteiger partial charge on any atom is 0.252 e. The first kappa shape index (κ1) is 13.8. The van der Waals surface area contributed by atoms with Crippen LogP contribution in [0.4, 0.5) is 0 Å². The first-order valence-corrected chi connectivity index (χ1v) is 6.07. The van der Waals surface area contributed by atoms with Crippen LogP contribution < -0.4 is 5.32 Å². The first-order chi connectivity index (χ1) is 8.16. The van der Waals surface area contributed by atoms with Crippen molar-refractivity contribution in [3.63, 3.8) is 0 Å². The highest BCUT2D eigenvalue weighted by molar-refractivity contribution is 9.10. The number of azide groups is 1. The number of rotatable bonds is 5. The van der Waals surface area contributed by atoms with Gasteiger partial charge in [-0.05, 0) is 40.0 Å². The summed E-state index contributed by atoms with van der Waals surface area (Å²) in [4.78, 5) is 14.4. The van der Waals surface area contributed by atoms with Crippen LogP contribution in [0.5, 0.6) is 0 Å². The van der Waals surface area contributed by atoms with Crippen molar-refractivity contribution in [1.29, 1.82) is 0 Å². The van der Waals surface area contributed by atoms with E-state index in [9.17, 15) is 4.79 Å². The molecule has 90 valence electrons. The second-order valence-corrected chi connectivity index (χ2v) is 4.40. The van der Waals surface area contributed by atoms with Crippen LogP contribution >= 0.6 is 27.5 Å². The summed E-state index contributed by atoms with van der Waals surface area (Å²) >= 11 is 9.23. The summed E-state index contributed by atoms with van der Waals surface area (Å²) in [5, 5.41) is 6.46. The fraction of sp³-hybridized carbons (Fsp3) is 0.300. The van der Waals surface area contributed by atoms with Gasteiger partial charge in [-0.2, -0.15) is 0 Å². The van der Waals surface area contributed by atoms with Crippen LogP contribution in [0.25, 0.3) is 10.4 Å². The standard InChI is InChI=1S/C10H10BrClN4O/c11-8-4-1-3-7(9(8)12)10(17)14-5-2-6-15-16-13/h1,3-4H,2,5-6H2,(H,14,17). The van der Waals surface area contributed by atoms with Crippen molar-refractivity contribution in [1.82, 2.24) is 5.32 Å². The third kappa shape index (κ3) is 4.26. The molecular weight excluding hydrogens is 307 g/mol. The highest BCUT2D eigenvalue weighted by Crippen LogP contribution is 2.25. The Morgan fingerprint density at radius 2 is 2.35 bits per heavy atom. The van der Waals surface area contributed by atoms with Crippen molar-refractivity contribution in [3.05, 3.63) is 43.7 Å². The van der Waals surface area contributed by atoms with E-state index in [1.165, 1.54) is 0 Å². The molecule has 1 aromatic rings. The van der Waals surface area contributed by atoms with Gasteiger partial charge in [0.05, 0.1) is 10.6 Å². The minimum atomic E-state index is -0.239. The minimum Gasteiger partial charge on any atom is -0.352 e. The SMILES string of the molecule is [N-]=[N+]=NCCCNC(=O)c1cccc(Br)c1Cl. The van der Waals surface area contributed by atoms with E-state index in [0.29, 0.717) is 34.6 Å². The molecule has 0 saturated carbocycles. The molecular formula is C10H10BrClN4O. The van der Waals surface area contributed by atoms with E-state index in [4.69, 9.17) is 17.1 Å². The van der Waals surface area contributed by atoms with Gasteiger partial charge in [-0.3, -0.25) is 4.79 Å². The van der Waals surface area contributed by atoms with E-state index in [1.807, 2.05) is 0 Å². The molecule has 7 heteroatoms. The molecule has 0 bridgehead atoms. The van der Waals surface area contributed by atoms with Gasteiger partial charge in [0.25, 0.3) is 5.91 Å². The van der Waals surface area contributed by atoms with Crippen LogP contribution in [0.1, 0.15) is 16.8 Å². The van der Waals surface area contributed by atoms with Gasteiger partial charge in [-0.1, -0.05) is 22.8 Å². The molecule has 1 amide bonds. The minimum absolute atomic E-state index is 0.239. The van der Waals surface area contributed by atoms with Crippen LogP contribution in [0.15, 0.2) is 27.8 Å². The van der Waals surface area contributed by atoms with Gasteiger partial charge in [0.15, 0.2) is 0 Å². The molecule has 1 aromatic carbocycles. The van der Waals surface area contributed by atoms with Gasteiger partial charge in [-0.25, -0.2) is 0 Å². The molecule has 0 heterocycles. The van der Waals surface area contributed by atoms with Crippen molar-refractivity contribution in [2.75, 3.05) is 13.1 Å². The molecule has 0 spiro atoms. The Bertz CT molecular complexity index is 460. The summed E-state index contributed by atoms with van der Waals surface area (Å²) in [5.41, 5.74) is 8.49. The van der Waals surface area contributed by atoms with Gasteiger partial charge >= 0.3 is 0 Å². The molecule has 0 aliphatic rings. The molecule has 1 N–H and O–H groups in total. The molecule has 0 fully saturated rings.